The van der Waals surface area contributed by atoms with E-state index in [0.29, 0.717) is 44.4 Å². The van der Waals surface area contributed by atoms with E-state index < -0.39 is 10.2 Å². The van der Waals surface area contributed by atoms with Crippen LogP contribution in [0.5, 0.6) is 0 Å². The van der Waals surface area contributed by atoms with Crippen molar-refractivity contribution in [3.05, 3.63) is 35.7 Å². The molecule has 1 saturated carbocycles. The van der Waals surface area contributed by atoms with Crippen molar-refractivity contribution >= 4 is 10.2 Å². The molecule has 0 amide bonds. The molecule has 0 bridgehead atoms. The summed E-state index contributed by atoms with van der Waals surface area (Å²) in [5, 5.41) is 4.10. The van der Waals surface area contributed by atoms with E-state index in [4.69, 9.17) is 4.52 Å². The van der Waals surface area contributed by atoms with E-state index in [9.17, 15) is 8.42 Å². The summed E-state index contributed by atoms with van der Waals surface area (Å²) < 4.78 is 34.7. The number of nitrogens with zero attached hydrogens (tertiary/aromatic N) is 5. The molecule has 8 nitrogen and oxygen atoms in total. The summed E-state index contributed by atoms with van der Waals surface area (Å²) >= 11 is 0. The highest BCUT2D eigenvalue weighted by atomic mass is 32.2. The Balaban J connectivity index is 1.32. The van der Waals surface area contributed by atoms with Gasteiger partial charge in [0.05, 0.1) is 6.54 Å². The molecule has 2 aromatic rings. The molecule has 1 aliphatic carbocycles. The predicted molar refractivity (Wildman–Crippen MR) is 115 cm³/mol. The molecule has 0 atom stereocenters. The number of benzene rings is 1. The summed E-state index contributed by atoms with van der Waals surface area (Å²) in [5.74, 6) is 1.14. The predicted octanol–water partition coefficient (Wildman–Crippen LogP) is 2.67. The van der Waals surface area contributed by atoms with E-state index in [-0.39, 0.29) is 6.04 Å². The first-order valence-corrected chi connectivity index (χ1v) is 12.2. The van der Waals surface area contributed by atoms with Crippen LogP contribution in [-0.2, 0) is 16.8 Å². The zero-order chi connectivity index (χ0) is 21.1. The van der Waals surface area contributed by atoms with Crippen molar-refractivity contribution < 1.29 is 12.9 Å². The van der Waals surface area contributed by atoms with Gasteiger partial charge in [-0.25, -0.2) is 0 Å². The van der Waals surface area contributed by atoms with E-state index in [0.717, 1.165) is 36.8 Å². The Bertz CT molecular complexity index is 947. The van der Waals surface area contributed by atoms with Gasteiger partial charge in [0.15, 0.2) is 0 Å². The molecular formula is C21H31N5O3S. The molecule has 9 heteroatoms. The van der Waals surface area contributed by atoms with Gasteiger partial charge >= 0.3 is 0 Å². The van der Waals surface area contributed by atoms with Crippen LogP contribution < -0.4 is 0 Å². The van der Waals surface area contributed by atoms with Crippen LogP contribution in [0.2, 0.25) is 0 Å². The second kappa shape index (κ2) is 9.13. The fourth-order valence-corrected chi connectivity index (χ4v) is 5.92. The standard InChI is InChI=1S/C21H31N5O3S/c1-17-7-6-8-18(15-17)21-22-20(29-23-21)16-25-11-13-26(14-12-25)30(27,28)24(2)19-9-4-3-5-10-19/h6-8,15,19H,3-5,9-14,16H2,1-2H3. The van der Waals surface area contributed by atoms with Crippen molar-refractivity contribution in [1.82, 2.24) is 23.7 Å². The molecule has 0 spiro atoms. The maximum absolute atomic E-state index is 13.0. The lowest BCUT2D eigenvalue weighted by Gasteiger charge is -2.38. The molecule has 2 aliphatic rings. The van der Waals surface area contributed by atoms with Gasteiger partial charge in [0.25, 0.3) is 10.2 Å². The van der Waals surface area contributed by atoms with E-state index in [1.165, 1.54) is 6.42 Å². The minimum atomic E-state index is -3.41. The maximum Gasteiger partial charge on any atom is 0.282 e. The van der Waals surface area contributed by atoms with Gasteiger partial charge in [-0.05, 0) is 25.8 Å². The third-order valence-electron chi connectivity index (χ3n) is 6.21. The summed E-state index contributed by atoms with van der Waals surface area (Å²) in [6, 6.07) is 8.14. The molecule has 1 saturated heterocycles. The minimum Gasteiger partial charge on any atom is -0.338 e. The van der Waals surface area contributed by atoms with Crippen LogP contribution in [0.4, 0.5) is 0 Å². The van der Waals surface area contributed by atoms with Crippen LogP contribution in [0.25, 0.3) is 11.4 Å². The molecule has 164 valence electrons. The molecule has 0 unspecified atom stereocenters. The highest BCUT2D eigenvalue weighted by molar-refractivity contribution is 7.86. The second-order valence-corrected chi connectivity index (χ2v) is 10.4. The van der Waals surface area contributed by atoms with Crippen LogP contribution >= 0.6 is 0 Å². The van der Waals surface area contributed by atoms with Crippen molar-refractivity contribution in [1.29, 1.82) is 0 Å². The van der Waals surface area contributed by atoms with Gasteiger partial charge in [0.2, 0.25) is 11.7 Å². The van der Waals surface area contributed by atoms with Crippen LogP contribution in [0.1, 0.15) is 43.6 Å². The largest absolute Gasteiger partial charge is 0.338 e. The van der Waals surface area contributed by atoms with Gasteiger partial charge in [-0.1, -0.05) is 48.2 Å². The SMILES string of the molecule is Cc1cccc(-c2noc(CN3CCN(S(=O)(=O)N(C)C4CCCCC4)CC3)n2)c1. The molecule has 0 N–H and O–H groups in total. The lowest BCUT2D eigenvalue weighted by Crippen LogP contribution is -2.54. The average molecular weight is 434 g/mol. The fourth-order valence-electron chi connectivity index (χ4n) is 4.35. The van der Waals surface area contributed by atoms with E-state index in [2.05, 4.69) is 15.0 Å². The number of hydrogen-bond acceptors (Lipinski definition) is 6. The molecule has 1 aromatic heterocycles. The van der Waals surface area contributed by atoms with E-state index >= 15 is 0 Å². The topological polar surface area (TPSA) is 82.8 Å². The molecule has 0 radical (unpaired) electrons. The first kappa shape index (κ1) is 21.4. The summed E-state index contributed by atoms with van der Waals surface area (Å²) in [6.45, 7) is 4.84. The van der Waals surface area contributed by atoms with Gasteiger partial charge in [-0.15, -0.1) is 0 Å². The minimum absolute atomic E-state index is 0.139. The van der Waals surface area contributed by atoms with Crippen LogP contribution in [0.3, 0.4) is 0 Å². The molecule has 30 heavy (non-hydrogen) atoms. The lowest BCUT2D eigenvalue weighted by molar-refractivity contribution is 0.155. The number of rotatable bonds is 6. The van der Waals surface area contributed by atoms with Crippen molar-refractivity contribution in [2.75, 3.05) is 33.2 Å². The van der Waals surface area contributed by atoms with E-state index in [1.807, 2.05) is 31.2 Å². The molecule has 2 fully saturated rings. The smallest absolute Gasteiger partial charge is 0.282 e. The van der Waals surface area contributed by atoms with Crippen molar-refractivity contribution in [2.24, 2.45) is 0 Å². The highest BCUT2D eigenvalue weighted by Gasteiger charge is 2.34. The monoisotopic (exact) mass is 433 g/mol. The quantitative estimate of drug-likeness (QED) is 0.697. The van der Waals surface area contributed by atoms with Crippen LogP contribution in [-0.4, -0.2) is 71.3 Å². The molecule has 1 aliphatic heterocycles. The Morgan fingerprint density at radius 2 is 1.87 bits per heavy atom. The number of piperazine rings is 1. The first-order valence-electron chi connectivity index (χ1n) is 10.8. The molecule has 1 aromatic carbocycles. The number of aryl methyl sites for hydroxylation is 1. The van der Waals surface area contributed by atoms with Gasteiger partial charge in [-0.2, -0.15) is 22.0 Å². The van der Waals surface area contributed by atoms with Gasteiger partial charge < -0.3 is 4.52 Å². The Morgan fingerprint density at radius 3 is 2.57 bits per heavy atom. The van der Waals surface area contributed by atoms with Crippen molar-refractivity contribution in [2.45, 2.75) is 51.6 Å². The van der Waals surface area contributed by atoms with Gasteiger partial charge in [-0.3, -0.25) is 4.90 Å². The zero-order valence-electron chi connectivity index (χ0n) is 17.8. The van der Waals surface area contributed by atoms with Gasteiger partial charge in [0, 0.05) is 44.8 Å². The first-order chi connectivity index (χ1) is 14.4. The van der Waals surface area contributed by atoms with Crippen LogP contribution in [0.15, 0.2) is 28.8 Å². The van der Waals surface area contributed by atoms with Gasteiger partial charge in [0.1, 0.15) is 0 Å². The zero-order valence-corrected chi connectivity index (χ0v) is 18.6. The summed E-state index contributed by atoms with van der Waals surface area (Å²) in [6.07, 6.45) is 5.39. The third-order valence-corrected chi connectivity index (χ3v) is 8.26. The average Bonchev–Trinajstić information content (AvgIpc) is 3.23. The Kier molecular flexibility index (Phi) is 6.52. The number of aromatic nitrogens is 2. The highest BCUT2D eigenvalue weighted by Crippen LogP contribution is 2.25. The molecular weight excluding hydrogens is 402 g/mol. The summed E-state index contributed by atoms with van der Waals surface area (Å²) in [5.41, 5.74) is 2.08. The normalized spacial score (nSPS) is 20.1. The summed E-state index contributed by atoms with van der Waals surface area (Å²) in [7, 11) is -1.67. The van der Waals surface area contributed by atoms with Crippen molar-refractivity contribution in [3.8, 4) is 11.4 Å². The maximum atomic E-state index is 13.0. The summed E-state index contributed by atoms with van der Waals surface area (Å²) in [4.78, 5) is 6.68. The third kappa shape index (κ3) is 4.74. The lowest BCUT2D eigenvalue weighted by atomic mass is 9.96. The van der Waals surface area contributed by atoms with E-state index in [1.54, 1.807) is 15.7 Å². The van der Waals surface area contributed by atoms with Crippen LogP contribution in [0, 0.1) is 6.92 Å². The number of hydrogen-bond donors (Lipinski definition) is 0. The fraction of sp³-hybridized carbons (Fsp3) is 0.619. The van der Waals surface area contributed by atoms with Crippen molar-refractivity contribution in [3.63, 3.8) is 0 Å². The molecule has 2 heterocycles. The Labute approximate surface area is 179 Å². The molecule has 4 rings (SSSR count). The Morgan fingerprint density at radius 1 is 1.13 bits per heavy atom. The second-order valence-electron chi connectivity index (χ2n) is 8.37. The Hall–Kier alpha value is -1.81.